The molecule has 0 radical (unpaired) electrons. The average Bonchev–Trinajstić information content (AvgIpc) is 2.48. The van der Waals surface area contributed by atoms with Crippen molar-refractivity contribution in [2.75, 3.05) is 5.88 Å². The topological polar surface area (TPSA) is 28.7 Å². The first kappa shape index (κ1) is 10.3. The molecule has 0 unspecified atom stereocenters. The molecule has 14 heavy (non-hydrogen) atoms. The third kappa shape index (κ3) is 1.90. The van der Waals surface area contributed by atoms with Crippen molar-refractivity contribution in [2.24, 2.45) is 0 Å². The van der Waals surface area contributed by atoms with Crippen molar-refractivity contribution in [1.29, 1.82) is 0 Å². The number of H-pyrrole nitrogens is 1. The zero-order chi connectivity index (χ0) is 10.1. The monoisotopic (exact) mass is 292 g/mol. The molecule has 0 aliphatic rings. The highest BCUT2D eigenvalue weighted by Gasteiger charge is 2.06. The zero-order valence-corrected chi connectivity index (χ0v) is 10.2. The second-order valence-corrected chi connectivity index (χ2v) is 4.57. The van der Waals surface area contributed by atoms with Crippen molar-refractivity contribution >= 4 is 50.2 Å². The number of hydrogen-bond donors (Lipinski definition) is 1. The minimum Gasteiger partial charge on any atom is -0.342 e. The largest absolute Gasteiger partial charge is 0.342 e. The lowest BCUT2D eigenvalue weighted by Crippen LogP contribution is -1.87. The number of aromatic amines is 1. The van der Waals surface area contributed by atoms with Crippen LogP contribution >= 0.6 is 39.1 Å². The number of nitrogens with one attached hydrogen (secondary N) is 1. The lowest BCUT2D eigenvalue weighted by Gasteiger charge is -1.92. The minimum absolute atomic E-state index is 0.561. The maximum absolute atomic E-state index is 5.91. The molecular weight excluding hydrogens is 287 g/mol. The Labute approximate surface area is 99.7 Å². The third-order valence-electron chi connectivity index (χ3n) is 1.89. The highest BCUT2D eigenvalue weighted by Crippen LogP contribution is 2.26. The number of nitrogens with zero attached hydrogens (tertiary/aromatic N) is 1. The predicted molar refractivity (Wildman–Crippen MR) is 63.2 cm³/mol. The van der Waals surface area contributed by atoms with Gasteiger partial charge in [-0.05, 0) is 28.1 Å². The number of halogens is 3. The number of aryl methyl sites for hydroxylation is 1. The van der Waals surface area contributed by atoms with Gasteiger partial charge in [-0.2, -0.15) is 0 Å². The van der Waals surface area contributed by atoms with Gasteiger partial charge in [0.15, 0.2) is 0 Å². The second kappa shape index (κ2) is 4.09. The first-order valence-electron chi connectivity index (χ1n) is 4.10. The zero-order valence-electron chi connectivity index (χ0n) is 7.15. The van der Waals surface area contributed by atoms with Crippen LogP contribution in [0, 0.1) is 0 Å². The van der Waals surface area contributed by atoms with Gasteiger partial charge in [-0.1, -0.05) is 11.6 Å². The molecule has 0 bridgehead atoms. The summed E-state index contributed by atoms with van der Waals surface area (Å²) < 4.78 is 0.900. The molecule has 0 aliphatic carbocycles. The highest BCUT2D eigenvalue weighted by atomic mass is 79.9. The fourth-order valence-corrected chi connectivity index (χ4v) is 2.38. The van der Waals surface area contributed by atoms with Crippen molar-refractivity contribution < 1.29 is 0 Å². The molecule has 0 amide bonds. The van der Waals surface area contributed by atoms with E-state index in [0.717, 1.165) is 27.8 Å². The van der Waals surface area contributed by atoms with E-state index in [2.05, 4.69) is 25.9 Å². The molecular formula is C9H7BrCl2N2. The summed E-state index contributed by atoms with van der Waals surface area (Å²) in [5.41, 5.74) is 1.83. The molecule has 1 heterocycles. The summed E-state index contributed by atoms with van der Waals surface area (Å²) in [4.78, 5) is 7.57. The van der Waals surface area contributed by atoms with Crippen LogP contribution in [-0.4, -0.2) is 15.8 Å². The van der Waals surface area contributed by atoms with Gasteiger partial charge in [0.1, 0.15) is 11.3 Å². The van der Waals surface area contributed by atoms with Crippen LogP contribution < -0.4 is 0 Å². The van der Waals surface area contributed by atoms with Crippen LogP contribution in [0.3, 0.4) is 0 Å². The Morgan fingerprint density at radius 3 is 2.93 bits per heavy atom. The van der Waals surface area contributed by atoms with Crippen molar-refractivity contribution in [2.45, 2.75) is 6.42 Å². The van der Waals surface area contributed by atoms with E-state index >= 15 is 0 Å². The summed E-state index contributed by atoms with van der Waals surface area (Å²) >= 11 is 15.0. The van der Waals surface area contributed by atoms with Crippen molar-refractivity contribution in [3.05, 3.63) is 27.5 Å². The van der Waals surface area contributed by atoms with Crippen LogP contribution in [-0.2, 0) is 6.42 Å². The number of imidazole rings is 1. The van der Waals surface area contributed by atoms with E-state index in [4.69, 9.17) is 23.2 Å². The molecule has 2 aromatic rings. The summed E-state index contributed by atoms with van der Waals surface area (Å²) in [6.07, 6.45) is 0.736. The fraction of sp³-hybridized carbons (Fsp3) is 0.222. The van der Waals surface area contributed by atoms with E-state index in [0.29, 0.717) is 10.9 Å². The first-order chi connectivity index (χ1) is 6.70. The van der Waals surface area contributed by atoms with Crippen LogP contribution in [0.4, 0.5) is 0 Å². The summed E-state index contributed by atoms with van der Waals surface area (Å²) in [6, 6.07) is 3.68. The Balaban J connectivity index is 2.58. The summed E-state index contributed by atoms with van der Waals surface area (Å²) in [5.74, 6) is 1.45. The van der Waals surface area contributed by atoms with Crippen molar-refractivity contribution in [1.82, 2.24) is 9.97 Å². The van der Waals surface area contributed by atoms with Gasteiger partial charge in [-0.15, -0.1) is 11.6 Å². The number of rotatable bonds is 2. The van der Waals surface area contributed by atoms with E-state index < -0.39 is 0 Å². The van der Waals surface area contributed by atoms with E-state index in [1.807, 2.05) is 12.1 Å². The van der Waals surface area contributed by atoms with Crippen LogP contribution in [0.5, 0.6) is 0 Å². The van der Waals surface area contributed by atoms with Crippen LogP contribution in [0.15, 0.2) is 16.6 Å². The lowest BCUT2D eigenvalue weighted by molar-refractivity contribution is 1.01. The Bertz CT molecular complexity index is 467. The Hall–Kier alpha value is -0.250. The molecule has 0 saturated carbocycles. The van der Waals surface area contributed by atoms with E-state index in [1.54, 1.807) is 0 Å². The molecule has 2 nitrogen and oxygen atoms in total. The Morgan fingerprint density at radius 2 is 2.21 bits per heavy atom. The SMILES string of the molecule is ClCCc1nc2c(Br)cc(Cl)cc2[nH]1. The summed E-state index contributed by atoms with van der Waals surface area (Å²) in [7, 11) is 0. The number of benzene rings is 1. The number of aromatic nitrogens is 2. The molecule has 0 aliphatic heterocycles. The van der Waals surface area contributed by atoms with Crippen LogP contribution in [0.25, 0.3) is 11.0 Å². The molecule has 74 valence electrons. The van der Waals surface area contributed by atoms with Gasteiger partial charge >= 0.3 is 0 Å². The molecule has 5 heteroatoms. The maximum Gasteiger partial charge on any atom is 0.108 e. The number of hydrogen-bond acceptors (Lipinski definition) is 1. The van der Waals surface area contributed by atoms with Gasteiger partial charge in [0.25, 0.3) is 0 Å². The standard InChI is InChI=1S/C9H7BrCl2N2/c10-6-3-5(12)4-7-9(6)14-8(13-7)1-2-11/h3-4H,1-2H2,(H,13,14). The Morgan fingerprint density at radius 1 is 1.43 bits per heavy atom. The van der Waals surface area contributed by atoms with Crippen LogP contribution in [0.2, 0.25) is 5.02 Å². The van der Waals surface area contributed by atoms with Gasteiger partial charge in [0.2, 0.25) is 0 Å². The number of alkyl halides is 1. The third-order valence-corrected chi connectivity index (χ3v) is 2.90. The number of fused-ring (bicyclic) bond motifs is 1. The predicted octanol–water partition coefficient (Wildman–Crippen LogP) is 3.76. The van der Waals surface area contributed by atoms with E-state index in [1.165, 1.54) is 0 Å². The van der Waals surface area contributed by atoms with Gasteiger partial charge < -0.3 is 4.98 Å². The van der Waals surface area contributed by atoms with E-state index in [9.17, 15) is 0 Å². The van der Waals surface area contributed by atoms with Crippen LogP contribution in [0.1, 0.15) is 5.82 Å². The molecule has 1 N–H and O–H groups in total. The lowest BCUT2D eigenvalue weighted by atomic mass is 10.3. The van der Waals surface area contributed by atoms with Gasteiger partial charge in [-0.25, -0.2) is 4.98 Å². The van der Waals surface area contributed by atoms with Gasteiger partial charge in [-0.3, -0.25) is 0 Å². The van der Waals surface area contributed by atoms with E-state index in [-0.39, 0.29) is 0 Å². The molecule has 0 fully saturated rings. The molecule has 1 aromatic heterocycles. The van der Waals surface area contributed by atoms with Gasteiger partial charge in [0.05, 0.1) is 5.52 Å². The molecule has 0 spiro atoms. The smallest absolute Gasteiger partial charge is 0.108 e. The maximum atomic E-state index is 5.91. The average molecular weight is 294 g/mol. The molecule has 0 saturated heterocycles. The minimum atomic E-state index is 0.561. The second-order valence-electron chi connectivity index (χ2n) is 2.91. The molecule has 2 rings (SSSR count). The molecule has 1 aromatic carbocycles. The quantitative estimate of drug-likeness (QED) is 0.839. The first-order valence-corrected chi connectivity index (χ1v) is 5.81. The normalized spacial score (nSPS) is 11.1. The fourth-order valence-electron chi connectivity index (χ4n) is 1.30. The Kier molecular flexibility index (Phi) is 3.00. The van der Waals surface area contributed by atoms with Crippen molar-refractivity contribution in [3.8, 4) is 0 Å². The highest BCUT2D eigenvalue weighted by molar-refractivity contribution is 9.10. The summed E-state index contributed by atoms with van der Waals surface area (Å²) in [5, 5.41) is 0.686. The summed E-state index contributed by atoms with van der Waals surface area (Å²) in [6.45, 7) is 0. The van der Waals surface area contributed by atoms with Crippen molar-refractivity contribution in [3.63, 3.8) is 0 Å². The van der Waals surface area contributed by atoms with Gasteiger partial charge in [0, 0.05) is 21.8 Å². The molecule has 0 atom stereocenters.